The molecular formula is C16H18N2O4. The molecule has 2 aromatic rings. The highest BCUT2D eigenvalue weighted by Crippen LogP contribution is 2.20. The van der Waals surface area contributed by atoms with E-state index in [0.717, 1.165) is 5.56 Å². The lowest BCUT2D eigenvalue weighted by Crippen LogP contribution is -2.26. The van der Waals surface area contributed by atoms with Gasteiger partial charge in [0.25, 0.3) is 5.56 Å². The number of hydrogen-bond donors (Lipinski definition) is 0. The van der Waals surface area contributed by atoms with Crippen LogP contribution in [0.2, 0.25) is 0 Å². The molecule has 0 fully saturated rings. The number of carbonyl (C=O) groups is 1. The van der Waals surface area contributed by atoms with Crippen LogP contribution in [-0.4, -0.2) is 28.7 Å². The van der Waals surface area contributed by atoms with Gasteiger partial charge in [0, 0.05) is 12.6 Å². The predicted molar refractivity (Wildman–Crippen MR) is 82.0 cm³/mol. The monoisotopic (exact) mass is 302 g/mol. The van der Waals surface area contributed by atoms with E-state index in [1.807, 2.05) is 30.3 Å². The van der Waals surface area contributed by atoms with E-state index in [1.165, 1.54) is 4.57 Å². The van der Waals surface area contributed by atoms with Crippen molar-refractivity contribution in [3.63, 3.8) is 0 Å². The van der Waals surface area contributed by atoms with E-state index in [2.05, 4.69) is 4.98 Å². The van der Waals surface area contributed by atoms with Crippen molar-refractivity contribution >= 4 is 5.97 Å². The summed E-state index contributed by atoms with van der Waals surface area (Å²) in [5.74, 6) is -0.360. The molecule has 0 saturated heterocycles. The van der Waals surface area contributed by atoms with Gasteiger partial charge < -0.3 is 9.47 Å². The Kier molecular flexibility index (Phi) is 4.93. The first-order valence-corrected chi connectivity index (χ1v) is 7.06. The zero-order chi connectivity index (χ0) is 16.1. The number of nitrogens with zero attached hydrogens (tertiary/aromatic N) is 2. The molecule has 1 heterocycles. The zero-order valence-electron chi connectivity index (χ0n) is 12.8. The van der Waals surface area contributed by atoms with Crippen molar-refractivity contribution in [2.45, 2.75) is 13.8 Å². The first kappa shape index (κ1) is 15.8. The Morgan fingerprint density at radius 1 is 1.18 bits per heavy atom. The van der Waals surface area contributed by atoms with Crippen LogP contribution in [0.5, 0.6) is 5.75 Å². The van der Waals surface area contributed by atoms with Gasteiger partial charge >= 0.3 is 5.97 Å². The molecule has 0 saturated carbocycles. The van der Waals surface area contributed by atoms with E-state index in [1.54, 1.807) is 20.9 Å². The van der Waals surface area contributed by atoms with Gasteiger partial charge in [-0.1, -0.05) is 30.3 Å². The summed E-state index contributed by atoms with van der Waals surface area (Å²) in [6, 6.07) is 9.17. The molecule has 116 valence electrons. The molecule has 0 aliphatic carbocycles. The minimum atomic E-state index is -0.666. The molecule has 6 nitrogen and oxygen atoms in total. The lowest BCUT2D eigenvalue weighted by atomic mass is 10.2. The molecule has 0 unspecified atom stereocenters. The van der Waals surface area contributed by atoms with Crippen molar-refractivity contribution in [1.29, 1.82) is 0 Å². The first-order valence-electron chi connectivity index (χ1n) is 7.06. The summed E-state index contributed by atoms with van der Waals surface area (Å²) in [5, 5.41) is 0. The molecule has 0 radical (unpaired) electrons. The molecule has 0 bridgehead atoms. The molecule has 2 rings (SSSR count). The van der Waals surface area contributed by atoms with Crippen molar-refractivity contribution in [2.75, 3.05) is 13.2 Å². The molecule has 22 heavy (non-hydrogen) atoms. The minimum Gasteiger partial charge on any atom is -0.486 e. The number of aromatic nitrogens is 2. The molecule has 1 aromatic heterocycles. The van der Waals surface area contributed by atoms with Crippen LogP contribution < -0.4 is 10.3 Å². The van der Waals surface area contributed by atoms with Gasteiger partial charge in [-0.25, -0.2) is 9.78 Å². The Balaban J connectivity index is 2.67. The second-order valence-electron chi connectivity index (χ2n) is 4.50. The van der Waals surface area contributed by atoms with Crippen LogP contribution in [-0.2, 0) is 11.8 Å². The standard InChI is InChI=1S/C16H18N2O4/c1-4-21-13-12(16(20)22-5-2)17-14(18(3)15(13)19)11-9-7-6-8-10-11/h6-10H,4-5H2,1-3H3. The van der Waals surface area contributed by atoms with Gasteiger partial charge in [-0.05, 0) is 13.8 Å². The maximum atomic E-state index is 12.5. The molecule has 0 atom stereocenters. The fraction of sp³-hybridized carbons (Fsp3) is 0.312. The Labute approximate surface area is 128 Å². The van der Waals surface area contributed by atoms with Crippen molar-refractivity contribution in [3.8, 4) is 17.1 Å². The Morgan fingerprint density at radius 3 is 2.45 bits per heavy atom. The average Bonchev–Trinajstić information content (AvgIpc) is 2.53. The summed E-state index contributed by atoms with van der Waals surface area (Å²) in [5.41, 5.74) is 0.222. The van der Waals surface area contributed by atoms with Crippen LogP contribution in [0.15, 0.2) is 35.1 Å². The summed E-state index contributed by atoms with van der Waals surface area (Å²) in [4.78, 5) is 28.9. The SMILES string of the molecule is CCOC(=O)c1nc(-c2ccccc2)n(C)c(=O)c1OCC. The fourth-order valence-corrected chi connectivity index (χ4v) is 2.04. The highest BCUT2D eigenvalue weighted by Gasteiger charge is 2.23. The zero-order valence-corrected chi connectivity index (χ0v) is 12.8. The van der Waals surface area contributed by atoms with Gasteiger partial charge in [-0.15, -0.1) is 0 Å². The van der Waals surface area contributed by atoms with Crippen molar-refractivity contribution in [2.24, 2.45) is 7.05 Å². The lowest BCUT2D eigenvalue weighted by molar-refractivity contribution is 0.0514. The van der Waals surface area contributed by atoms with Gasteiger partial charge in [0.05, 0.1) is 13.2 Å². The van der Waals surface area contributed by atoms with Gasteiger partial charge in [-0.3, -0.25) is 9.36 Å². The number of hydrogen-bond acceptors (Lipinski definition) is 5. The van der Waals surface area contributed by atoms with E-state index in [9.17, 15) is 9.59 Å². The number of esters is 1. The van der Waals surface area contributed by atoms with E-state index < -0.39 is 11.5 Å². The molecule has 0 N–H and O–H groups in total. The predicted octanol–water partition coefficient (Wildman–Crippen LogP) is 2.02. The third-order valence-electron chi connectivity index (χ3n) is 3.04. The molecule has 1 aromatic carbocycles. The number of carbonyl (C=O) groups excluding carboxylic acids is 1. The second-order valence-corrected chi connectivity index (χ2v) is 4.50. The molecule has 0 amide bonds. The summed E-state index contributed by atoms with van der Waals surface area (Å²) in [7, 11) is 1.59. The van der Waals surface area contributed by atoms with Crippen LogP contribution in [0, 0.1) is 0 Å². The largest absolute Gasteiger partial charge is 0.486 e. The van der Waals surface area contributed by atoms with Crippen LogP contribution in [0.3, 0.4) is 0 Å². The molecule has 0 aliphatic rings. The Bertz CT molecular complexity index is 723. The van der Waals surface area contributed by atoms with Gasteiger partial charge in [-0.2, -0.15) is 0 Å². The minimum absolute atomic E-state index is 0.0804. The van der Waals surface area contributed by atoms with Gasteiger partial charge in [0.2, 0.25) is 5.75 Å². The van der Waals surface area contributed by atoms with Crippen LogP contribution in [0.25, 0.3) is 11.4 Å². The van der Waals surface area contributed by atoms with E-state index in [-0.39, 0.29) is 24.7 Å². The Morgan fingerprint density at radius 2 is 1.86 bits per heavy atom. The van der Waals surface area contributed by atoms with Crippen molar-refractivity contribution in [3.05, 3.63) is 46.4 Å². The summed E-state index contributed by atoms with van der Waals surface area (Å²) in [6.07, 6.45) is 0. The van der Waals surface area contributed by atoms with Crippen molar-refractivity contribution < 1.29 is 14.3 Å². The number of rotatable bonds is 5. The van der Waals surface area contributed by atoms with Crippen molar-refractivity contribution in [1.82, 2.24) is 9.55 Å². The second kappa shape index (κ2) is 6.89. The summed E-state index contributed by atoms with van der Waals surface area (Å²) < 4.78 is 11.6. The normalized spacial score (nSPS) is 10.3. The van der Waals surface area contributed by atoms with Crippen LogP contribution in [0.1, 0.15) is 24.3 Å². The highest BCUT2D eigenvalue weighted by molar-refractivity contribution is 5.90. The third kappa shape index (κ3) is 3.00. The van der Waals surface area contributed by atoms with E-state index in [4.69, 9.17) is 9.47 Å². The topological polar surface area (TPSA) is 70.4 Å². The molecule has 0 spiro atoms. The van der Waals surface area contributed by atoms with Crippen LogP contribution in [0.4, 0.5) is 0 Å². The van der Waals surface area contributed by atoms with Gasteiger partial charge in [0.1, 0.15) is 5.82 Å². The third-order valence-corrected chi connectivity index (χ3v) is 3.04. The quantitative estimate of drug-likeness (QED) is 0.790. The Hall–Kier alpha value is -2.63. The maximum Gasteiger partial charge on any atom is 0.361 e. The summed E-state index contributed by atoms with van der Waals surface area (Å²) >= 11 is 0. The maximum absolute atomic E-state index is 12.5. The van der Waals surface area contributed by atoms with Gasteiger partial charge in [0.15, 0.2) is 5.69 Å². The average molecular weight is 302 g/mol. The first-order chi connectivity index (χ1) is 10.6. The smallest absolute Gasteiger partial charge is 0.361 e. The van der Waals surface area contributed by atoms with E-state index >= 15 is 0 Å². The number of ether oxygens (including phenoxy) is 2. The van der Waals surface area contributed by atoms with E-state index in [0.29, 0.717) is 5.82 Å². The van der Waals surface area contributed by atoms with Crippen LogP contribution >= 0.6 is 0 Å². The molecular weight excluding hydrogens is 284 g/mol. The lowest BCUT2D eigenvalue weighted by Gasteiger charge is -2.13. The number of benzene rings is 1. The molecule has 0 aliphatic heterocycles. The fourth-order valence-electron chi connectivity index (χ4n) is 2.04. The molecule has 6 heteroatoms. The summed E-state index contributed by atoms with van der Waals surface area (Å²) in [6.45, 7) is 3.88. The highest BCUT2D eigenvalue weighted by atomic mass is 16.5.